The Kier molecular flexibility index (Phi) is 4.48. The first kappa shape index (κ1) is 15.7. The fourth-order valence-corrected chi connectivity index (χ4v) is 4.14. The first-order valence-corrected chi connectivity index (χ1v) is 8.33. The molecule has 114 valence electrons. The molecule has 1 aromatic rings. The van der Waals surface area contributed by atoms with E-state index in [0.29, 0.717) is 0 Å². The van der Waals surface area contributed by atoms with E-state index in [4.69, 9.17) is 16.7 Å². The number of pyridine rings is 1. The molecule has 1 aliphatic heterocycles. The van der Waals surface area contributed by atoms with Gasteiger partial charge in [-0.05, 0) is 12.5 Å². The molecule has 1 N–H and O–H groups in total. The van der Waals surface area contributed by atoms with E-state index in [0.717, 1.165) is 4.90 Å². The van der Waals surface area contributed by atoms with Gasteiger partial charge >= 0.3 is 5.97 Å². The lowest BCUT2D eigenvalue weighted by molar-refractivity contribution is -0.138. The first-order chi connectivity index (χ1) is 9.80. The standard InChI is InChI=1S/C12H13ClN2O5S/c13-10-1-3-14-5-9(10)12(18)15(6-11(16)17)8-2-4-21(19,20)7-8/h1,3,5,8H,2,4,6-7H2,(H,16,17). The molecule has 1 aliphatic rings. The third-order valence-corrected chi connectivity index (χ3v) is 5.29. The summed E-state index contributed by atoms with van der Waals surface area (Å²) < 4.78 is 23.1. The lowest BCUT2D eigenvalue weighted by atomic mass is 10.1. The highest BCUT2D eigenvalue weighted by molar-refractivity contribution is 7.91. The van der Waals surface area contributed by atoms with Gasteiger partial charge in [-0.1, -0.05) is 11.6 Å². The lowest BCUT2D eigenvalue weighted by Gasteiger charge is -2.26. The Morgan fingerprint density at radius 2 is 2.19 bits per heavy atom. The van der Waals surface area contributed by atoms with Crippen LogP contribution in [0.4, 0.5) is 0 Å². The smallest absolute Gasteiger partial charge is 0.323 e. The average molecular weight is 333 g/mol. The number of rotatable bonds is 4. The molecule has 2 rings (SSSR count). The van der Waals surface area contributed by atoms with Crippen LogP contribution in [0.5, 0.6) is 0 Å². The first-order valence-electron chi connectivity index (χ1n) is 6.13. The van der Waals surface area contributed by atoms with Gasteiger partial charge in [0.15, 0.2) is 9.84 Å². The number of carbonyl (C=O) groups excluding carboxylic acids is 1. The summed E-state index contributed by atoms with van der Waals surface area (Å²) in [6.07, 6.45) is 2.86. The molecule has 0 aliphatic carbocycles. The minimum Gasteiger partial charge on any atom is -0.480 e. The molecule has 1 atom stereocenters. The van der Waals surface area contributed by atoms with Crippen LogP contribution in [-0.2, 0) is 14.6 Å². The summed E-state index contributed by atoms with van der Waals surface area (Å²) in [5, 5.41) is 9.09. The summed E-state index contributed by atoms with van der Waals surface area (Å²) >= 11 is 5.91. The van der Waals surface area contributed by atoms with Crippen LogP contribution in [0.25, 0.3) is 0 Å². The molecule has 0 radical (unpaired) electrons. The molecule has 1 aromatic heterocycles. The summed E-state index contributed by atoms with van der Waals surface area (Å²) in [7, 11) is -3.24. The van der Waals surface area contributed by atoms with Crippen LogP contribution in [0.15, 0.2) is 18.5 Å². The Bertz CT molecular complexity index is 676. The maximum Gasteiger partial charge on any atom is 0.323 e. The molecule has 1 fully saturated rings. The van der Waals surface area contributed by atoms with E-state index in [9.17, 15) is 18.0 Å². The van der Waals surface area contributed by atoms with Crippen molar-refractivity contribution >= 4 is 33.3 Å². The maximum atomic E-state index is 12.4. The van der Waals surface area contributed by atoms with Crippen molar-refractivity contribution in [3.63, 3.8) is 0 Å². The van der Waals surface area contributed by atoms with Gasteiger partial charge in [0.05, 0.1) is 22.1 Å². The van der Waals surface area contributed by atoms with Gasteiger partial charge in [-0.15, -0.1) is 0 Å². The molecule has 1 amide bonds. The SMILES string of the molecule is O=C(O)CN(C(=O)c1cnccc1Cl)C1CCS(=O)(=O)C1. The molecule has 2 heterocycles. The van der Waals surface area contributed by atoms with Crippen LogP contribution in [0.3, 0.4) is 0 Å². The van der Waals surface area contributed by atoms with Crippen LogP contribution >= 0.6 is 11.6 Å². The second-order valence-electron chi connectivity index (χ2n) is 4.74. The zero-order valence-corrected chi connectivity index (χ0v) is 12.5. The number of hydrogen-bond acceptors (Lipinski definition) is 5. The maximum absolute atomic E-state index is 12.4. The molecule has 1 unspecified atom stereocenters. The van der Waals surface area contributed by atoms with Crippen molar-refractivity contribution in [1.29, 1.82) is 0 Å². The summed E-state index contributed by atoms with van der Waals surface area (Å²) in [5.41, 5.74) is 0.0599. The lowest BCUT2D eigenvalue weighted by Crippen LogP contribution is -2.44. The van der Waals surface area contributed by atoms with Gasteiger partial charge in [0.2, 0.25) is 0 Å². The van der Waals surface area contributed by atoms with Crippen LogP contribution in [0, 0.1) is 0 Å². The minimum absolute atomic E-state index is 0.0537. The van der Waals surface area contributed by atoms with E-state index in [2.05, 4.69) is 4.98 Å². The van der Waals surface area contributed by atoms with Crippen LogP contribution in [0.1, 0.15) is 16.8 Å². The number of sulfone groups is 1. The van der Waals surface area contributed by atoms with Crippen molar-refractivity contribution in [2.75, 3.05) is 18.1 Å². The highest BCUT2D eigenvalue weighted by Crippen LogP contribution is 2.22. The Hall–Kier alpha value is -1.67. The number of carboxylic acids is 1. The van der Waals surface area contributed by atoms with Gasteiger partial charge in [-0.3, -0.25) is 14.6 Å². The number of carboxylic acid groups (broad SMARTS) is 1. The minimum atomic E-state index is -3.24. The fraction of sp³-hybridized carbons (Fsp3) is 0.417. The quantitative estimate of drug-likeness (QED) is 0.858. The number of aromatic nitrogens is 1. The summed E-state index contributed by atoms with van der Waals surface area (Å²) in [4.78, 5) is 28.2. The van der Waals surface area contributed by atoms with E-state index < -0.39 is 34.3 Å². The molecule has 9 heteroatoms. The number of amides is 1. The summed E-state index contributed by atoms with van der Waals surface area (Å²) in [6.45, 7) is -0.579. The number of hydrogen-bond donors (Lipinski definition) is 1. The van der Waals surface area contributed by atoms with E-state index in [1.165, 1.54) is 18.5 Å². The van der Waals surface area contributed by atoms with E-state index in [-0.39, 0.29) is 28.5 Å². The van der Waals surface area contributed by atoms with Gasteiger partial charge < -0.3 is 10.0 Å². The molecule has 0 saturated carbocycles. The van der Waals surface area contributed by atoms with Crippen molar-refractivity contribution in [3.8, 4) is 0 Å². The molecule has 0 aromatic carbocycles. The van der Waals surface area contributed by atoms with Crippen LogP contribution in [0.2, 0.25) is 5.02 Å². The Balaban J connectivity index is 2.30. The Labute approximate surface area is 126 Å². The summed E-state index contributed by atoms with van der Waals surface area (Å²) in [5.74, 6) is -2.13. The second kappa shape index (κ2) is 5.98. The van der Waals surface area contributed by atoms with Crippen molar-refractivity contribution in [1.82, 2.24) is 9.88 Å². The molecule has 7 nitrogen and oxygen atoms in total. The number of carbonyl (C=O) groups is 2. The van der Waals surface area contributed by atoms with Gasteiger partial charge in [0.1, 0.15) is 6.54 Å². The van der Waals surface area contributed by atoms with Gasteiger partial charge in [-0.2, -0.15) is 0 Å². The largest absolute Gasteiger partial charge is 0.480 e. The second-order valence-corrected chi connectivity index (χ2v) is 7.38. The molecule has 21 heavy (non-hydrogen) atoms. The average Bonchev–Trinajstić information content (AvgIpc) is 2.76. The van der Waals surface area contributed by atoms with E-state index >= 15 is 0 Å². The Morgan fingerprint density at radius 3 is 2.71 bits per heavy atom. The van der Waals surface area contributed by atoms with Crippen molar-refractivity contribution in [2.24, 2.45) is 0 Å². The highest BCUT2D eigenvalue weighted by atomic mass is 35.5. The molecular formula is C12H13ClN2O5S. The predicted molar refractivity (Wildman–Crippen MR) is 75.0 cm³/mol. The highest BCUT2D eigenvalue weighted by Gasteiger charge is 2.36. The monoisotopic (exact) mass is 332 g/mol. The zero-order chi connectivity index (χ0) is 15.6. The number of aliphatic carboxylic acids is 1. The molecule has 0 spiro atoms. The topological polar surface area (TPSA) is 105 Å². The van der Waals surface area contributed by atoms with Gasteiger partial charge in [0.25, 0.3) is 5.91 Å². The number of nitrogens with zero attached hydrogens (tertiary/aromatic N) is 2. The summed E-state index contributed by atoms with van der Waals surface area (Å²) in [6, 6.07) is 0.758. The van der Waals surface area contributed by atoms with Crippen LogP contribution in [-0.4, -0.2) is 59.4 Å². The van der Waals surface area contributed by atoms with E-state index in [1.54, 1.807) is 0 Å². The predicted octanol–water partition coefficient (Wildman–Crippen LogP) is 0.449. The zero-order valence-electron chi connectivity index (χ0n) is 10.9. The van der Waals surface area contributed by atoms with Crippen molar-refractivity contribution in [2.45, 2.75) is 12.5 Å². The third kappa shape index (κ3) is 3.70. The fourth-order valence-electron chi connectivity index (χ4n) is 2.22. The Morgan fingerprint density at radius 1 is 1.48 bits per heavy atom. The van der Waals surface area contributed by atoms with Crippen LogP contribution < -0.4 is 0 Å². The van der Waals surface area contributed by atoms with Crippen molar-refractivity contribution < 1.29 is 23.1 Å². The number of halogens is 1. The van der Waals surface area contributed by atoms with E-state index in [1.807, 2.05) is 0 Å². The molecular weight excluding hydrogens is 320 g/mol. The molecule has 1 saturated heterocycles. The van der Waals surface area contributed by atoms with Gasteiger partial charge in [0, 0.05) is 18.4 Å². The normalized spacial score (nSPS) is 20.1. The molecule has 0 bridgehead atoms. The third-order valence-electron chi connectivity index (χ3n) is 3.21. The van der Waals surface area contributed by atoms with Crippen molar-refractivity contribution in [3.05, 3.63) is 29.0 Å². The van der Waals surface area contributed by atoms with Gasteiger partial charge in [-0.25, -0.2) is 8.42 Å².